The molecule has 1 aliphatic carbocycles. The van der Waals surface area contributed by atoms with Crippen LogP contribution in [0.4, 0.5) is 0 Å². The Hall–Kier alpha value is -1.33. The number of nitrogens with one attached hydrogen (secondary N) is 1. The van der Waals surface area contributed by atoms with E-state index in [1.807, 2.05) is 12.1 Å². The highest BCUT2D eigenvalue weighted by atomic mass is 16.5. The molecule has 2 rings (SSSR count). The lowest BCUT2D eigenvalue weighted by Gasteiger charge is -2.09. The second-order valence-electron chi connectivity index (χ2n) is 5.87. The van der Waals surface area contributed by atoms with Crippen molar-refractivity contribution in [2.75, 3.05) is 20.3 Å². The number of aryl methyl sites for hydroxylation is 1. The fourth-order valence-electron chi connectivity index (χ4n) is 2.43. The summed E-state index contributed by atoms with van der Waals surface area (Å²) in [7, 11) is 1.54. The zero-order chi connectivity index (χ0) is 15.2. The molecule has 1 heterocycles. The lowest BCUT2D eigenvalue weighted by molar-refractivity contribution is -0.121. The van der Waals surface area contributed by atoms with Gasteiger partial charge >= 0.3 is 0 Å². The Balaban J connectivity index is 1.61. The third-order valence-electron chi connectivity index (χ3n) is 3.91. The molecule has 0 radical (unpaired) electrons. The summed E-state index contributed by atoms with van der Waals surface area (Å²) >= 11 is 0. The van der Waals surface area contributed by atoms with Crippen LogP contribution in [-0.4, -0.2) is 37.4 Å². The summed E-state index contributed by atoms with van der Waals surface area (Å²) in [4.78, 5) is 11.7. The lowest BCUT2D eigenvalue weighted by Crippen LogP contribution is -2.28. The molecule has 0 saturated heterocycles. The van der Waals surface area contributed by atoms with E-state index in [1.54, 1.807) is 7.11 Å². The fourth-order valence-corrected chi connectivity index (χ4v) is 2.43. The highest BCUT2D eigenvalue weighted by Gasteiger charge is 2.36. The van der Waals surface area contributed by atoms with E-state index in [1.165, 1.54) is 6.42 Å². The molecule has 1 fully saturated rings. The van der Waals surface area contributed by atoms with E-state index < -0.39 is 6.10 Å². The number of rotatable bonds is 9. The van der Waals surface area contributed by atoms with Crippen molar-refractivity contribution >= 4 is 5.91 Å². The molecule has 5 nitrogen and oxygen atoms in total. The van der Waals surface area contributed by atoms with Crippen LogP contribution >= 0.6 is 0 Å². The average molecular weight is 295 g/mol. The number of methoxy groups -OCH3 is 1. The minimum Gasteiger partial charge on any atom is -0.466 e. The van der Waals surface area contributed by atoms with E-state index in [0.29, 0.717) is 38.3 Å². The van der Waals surface area contributed by atoms with Gasteiger partial charge < -0.3 is 19.6 Å². The normalized spacial score (nSPS) is 22.0. The third-order valence-corrected chi connectivity index (χ3v) is 3.91. The maximum atomic E-state index is 11.7. The molecule has 1 saturated carbocycles. The molecule has 1 aliphatic rings. The predicted octanol–water partition coefficient (Wildman–Crippen LogP) is 1.85. The van der Waals surface area contributed by atoms with Crippen LogP contribution in [-0.2, 0) is 16.0 Å². The molecule has 1 aromatic heterocycles. The minimum absolute atomic E-state index is 0.0163. The molecule has 3 unspecified atom stereocenters. The molecule has 0 aliphatic heterocycles. The van der Waals surface area contributed by atoms with Crippen LogP contribution in [0.2, 0.25) is 0 Å². The molecule has 5 heteroatoms. The molecule has 0 spiro atoms. The van der Waals surface area contributed by atoms with Crippen molar-refractivity contribution in [3.05, 3.63) is 23.7 Å². The Morgan fingerprint density at radius 3 is 3.00 bits per heavy atom. The van der Waals surface area contributed by atoms with Gasteiger partial charge in [-0.2, -0.15) is 0 Å². The minimum atomic E-state index is -0.525. The van der Waals surface area contributed by atoms with Crippen LogP contribution < -0.4 is 5.32 Å². The number of ether oxygens (including phenoxy) is 1. The van der Waals surface area contributed by atoms with Crippen molar-refractivity contribution in [1.29, 1.82) is 0 Å². The summed E-state index contributed by atoms with van der Waals surface area (Å²) in [5.74, 6) is 3.22. The van der Waals surface area contributed by atoms with Gasteiger partial charge in [0.1, 0.15) is 11.5 Å². The molecule has 0 aromatic carbocycles. The van der Waals surface area contributed by atoms with Crippen LogP contribution in [0, 0.1) is 5.92 Å². The van der Waals surface area contributed by atoms with E-state index in [-0.39, 0.29) is 5.91 Å². The second-order valence-corrected chi connectivity index (χ2v) is 5.87. The molecule has 1 aromatic rings. The fraction of sp³-hybridized carbons (Fsp3) is 0.688. The molecular weight excluding hydrogens is 270 g/mol. The lowest BCUT2D eigenvalue weighted by atomic mass is 10.2. The molecule has 0 bridgehead atoms. The Bertz CT molecular complexity index is 457. The van der Waals surface area contributed by atoms with E-state index in [0.717, 1.165) is 17.4 Å². The SMILES string of the molecule is COCC(O)CCNC(=O)CCc1ccc(C2CC2C)o1. The second kappa shape index (κ2) is 7.61. The van der Waals surface area contributed by atoms with E-state index in [4.69, 9.17) is 9.15 Å². The number of furan rings is 1. The van der Waals surface area contributed by atoms with Gasteiger partial charge in [0, 0.05) is 32.4 Å². The van der Waals surface area contributed by atoms with Crippen molar-refractivity contribution in [1.82, 2.24) is 5.32 Å². The Labute approximate surface area is 125 Å². The summed E-state index contributed by atoms with van der Waals surface area (Å²) < 4.78 is 10.6. The number of amides is 1. The zero-order valence-corrected chi connectivity index (χ0v) is 12.8. The van der Waals surface area contributed by atoms with Gasteiger partial charge in [-0.25, -0.2) is 0 Å². The quantitative estimate of drug-likeness (QED) is 0.729. The Kier molecular flexibility index (Phi) is 5.82. The van der Waals surface area contributed by atoms with Gasteiger partial charge in [-0.1, -0.05) is 6.92 Å². The number of carbonyl (C=O) groups excluding carboxylic acids is 1. The van der Waals surface area contributed by atoms with Crippen molar-refractivity contribution in [3.8, 4) is 0 Å². The van der Waals surface area contributed by atoms with E-state index >= 15 is 0 Å². The van der Waals surface area contributed by atoms with Crippen LogP contribution in [0.15, 0.2) is 16.5 Å². The Morgan fingerprint density at radius 2 is 2.33 bits per heavy atom. The molecule has 21 heavy (non-hydrogen) atoms. The first-order chi connectivity index (χ1) is 10.1. The Morgan fingerprint density at radius 1 is 1.57 bits per heavy atom. The number of aliphatic hydroxyl groups excluding tert-OH is 1. The van der Waals surface area contributed by atoms with Crippen LogP contribution in [0.25, 0.3) is 0 Å². The van der Waals surface area contributed by atoms with Crippen LogP contribution in [0.3, 0.4) is 0 Å². The summed E-state index contributed by atoms with van der Waals surface area (Å²) in [6.45, 7) is 2.98. The zero-order valence-electron chi connectivity index (χ0n) is 12.8. The number of hydrogen-bond donors (Lipinski definition) is 2. The standard InChI is InChI=1S/C16H25NO4/c1-11-9-14(11)15-5-3-13(21-15)4-6-16(19)17-8-7-12(18)10-20-2/h3,5,11-12,14,18H,4,6-10H2,1-2H3,(H,17,19). The van der Waals surface area contributed by atoms with Gasteiger partial charge in [0.05, 0.1) is 12.7 Å². The smallest absolute Gasteiger partial charge is 0.220 e. The van der Waals surface area contributed by atoms with Crippen LogP contribution in [0.1, 0.15) is 43.6 Å². The summed E-state index contributed by atoms with van der Waals surface area (Å²) in [6, 6.07) is 4.00. The average Bonchev–Trinajstić information content (AvgIpc) is 3.00. The topological polar surface area (TPSA) is 71.7 Å². The van der Waals surface area contributed by atoms with Crippen LogP contribution in [0.5, 0.6) is 0 Å². The molecule has 2 N–H and O–H groups in total. The van der Waals surface area contributed by atoms with Gasteiger partial charge in [-0.05, 0) is 30.9 Å². The van der Waals surface area contributed by atoms with Crippen molar-refractivity contribution in [2.24, 2.45) is 5.92 Å². The molecule has 1 amide bonds. The van der Waals surface area contributed by atoms with E-state index in [2.05, 4.69) is 12.2 Å². The molecule has 3 atom stereocenters. The predicted molar refractivity (Wildman–Crippen MR) is 79.1 cm³/mol. The van der Waals surface area contributed by atoms with Gasteiger partial charge in [0.25, 0.3) is 0 Å². The first-order valence-corrected chi connectivity index (χ1v) is 7.62. The molecule has 118 valence electrons. The first-order valence-electron chi connectivity index (χ1n) is 7.62. The maximum Gasteiger partial charge on any atom is 0.220 e. The first kappa shape index (κ1) is 16.0. The molecular formula is C16H25NO4. The summed E-state index contributed by atoms with van der Waals surface area (Å²) in [5.41, 5.74) is 0. The highest BCUT2D eigenvalue weighted by molar-refractivity contribution is 5.76. The highest BCUT2D eigenvalue weighted by Crippen LogP contribution is 2.47. The summed E-state index contributed by atoms with van der Waals surface area (Å²) in [5, 5.41) is 12.3. The van der Waals surface area contributed by atoms with Gasteiger partial charge in [0.15, 0.2) is 0 Å². The number of carbonyl (C=O) groups is 1. The van der Waals surface area contributed by atoms with Gasteiger partial charge in [-0.3, -0.25) is 4.79 Å². The summed E-state index contributed by atoms with van der Waals surface area (Å²) in [6.07, 6.45) is 2.21. The van der Waals surface area contributed by atoms with Crippen molar-refractivity contribution in [2.45, 2.75) is 44.6 Å². The third kappa shape index (κ3) is 5.17. The monoisotopic (exact) mass is 295 g/mol. The number of hydrogen-bond acceptors (Lipinski definition) is 4. The van der Waals surface area contributed by atoms with E-state index in [9.17, 15) is 9.90 Å². The number of aliphatic hydroxyl groups is 1. The van der Waals surface area contributed by atoms with Crippen molar-refractivity contribution in [3.63, 3.8) is 0 Å². The van der Waals surface area contributed by atoms with Gasteiger partial charge in [-0.15, -0.1) is 0 Å². The van der Waals surface area contributed by atoms with Crippen molar-refractivity contribution < 1.29 is 19.1 Å². The largest absolute Gasteiger partial charge is 0.466 e. The maximum absolute atomic E-state index is 11.7. The van der Waals surface area contributed by atoms with Gasteiger partial charge in [0.2, 0.25) is 5.91 Å².